The zero-order chi connectivity index (χ0) is 23.7. The van der Waals surface area contributed by atoms with Crippen molar-refractivity contribution in [1.29, 1.82) is 0 Å². The summed E-state index contributed by atoms with van der Waals surface area (Å²) >= 11 is 0. The topological polar surface area (TPSA) is 86.7 Å². The molecule has 0 aliphatic rings. The lowest BCUT2D eigenvalue weighted by molar-refractivity contribution is -0.153. The van der Waals surface area contributed by atoms with Crippen molar-refractivity contribution in [2.24, 2.45) is 0 Å². The fourth-order valence-electron chi connectivity index (χ4n) is 2.48. The summed E-state index contributed by atoms with van der Waals surface area (Å²) in [5.74, 6) is -1.82. The molecule has 0 spiro atoms. The van der Waals surface area contributed by atoms with Gasteiger partial charge >= 0.3 is 12.2 Å². The van der Waals surface area contributed by atoms with Crippen LogP contribution in [0.4, 0.5) is 13.6 Å². The van der Waals surface area contributed by atoms with Crippen LogP contribution >= 0.6 is 0 Å². The van der Waals surface area contributed by atoms with Crippen LogP contribution in [0.5, 0.6) is 0 Å². The van der Waals surface area contributed by atoms with Crippen molar-refractivity contribution in [2.45, 2.75) is 53.8 Å². The molecule has 2 aromatic rings. The third-order valence-corrected chi connectivity index (χ3v) is 3.98. The molecule has 2 aromatic carbocycles. The quantitative estimate of drug-likeness (QED) is 0.275. The van der Waals surface area contributed by atoms with Gasteiger partial charge in [0.05, 0.1) is 0 Å². The first-order valence-corrected chi connectivity index (χ1v) is 9.26. The highest BCUT2D eigenvalue weighted by Crippen LogP contribution is 2.18. The number of ether oxygens (including phenoxy) is 2. The maximum atomic E-state index is 12.1. The van der Waals surface area contributed by atoms with Crippen LogP contribution in [-0.4, -0.2) is 41.6 Å². The smallest absolute Gasteiger partial charge is 0.449 e. The molecule has 0 saturated carbocycles. The second-order valence-electron chi connectivity index (χ2n) is 7.36. The maximum Gasteiger partial charge on any atom is 0.496 e. The third-order valence-electron chi connectivity index (χ3n) is 3.98. The summed E-state index contributed by atoms with van der Waals surface area (Å²) in [6.45, 7) is 4.34. The molecule has 6 nitrogen and oxygen atoms in total. The Labute approximate surface area is 193 Å². The van der Waals surface area contributed by atoms with Gasteiger partial charge in [-0.1, -0.05) is 75.5 Å². The average Bonchev–Trinajstić information content (AvgIpc) is 2.73. The molecule has 8 heteroatoms. The van der Waals surface area contributed by atoms with Gasteiger partial charge in [-0.3, -0.25) is 9.59 Å². The molecule has 0 aromatic heterocycles. The highest BCUT2D eigenvalue weighted by atomic mass is 19.1. The number of rotatable bonds is 7. The number of hydrogen-bond donors (Lipinski definition) is 0. The van der Waals surface area contributed by atoms with Gasteiger partial charge in [0.1, 0.15) is 0 Å². The van der Waals surface area contributed by atoms with Gasteiger partial charge in [0.15, 0.2) is 17.9 Å². The molecule has 0 saturated heterocycles. The Morgan fingerprint density at radius 2 is 1.03 bits per heavy atom. The SMILES string of the molecule is C.C.CC(C)(OC(=O)CF)C(=O)c1ccccc1.CC(C)(OC(=O)F)C(=O)c1ccccc1. The number of alkyl halides is 1. The van der Waals surface area contributed by atoms with Crippen LogP contribution < -0.4 is 0 Å². The lowest BCUT2D eigenvalue weighted by Crippen LogP contribution is -2.37. The van der Waals surface area contributed by atoms with Gasteiger partial charge in [-0.05, 0) is 27.7 Å². The van der Waals surface area contributed by atoms with E-state index in [4.69, 9.17) is 4.74 Å². The Balaban J connectivity index is 0. The van der Waals surface area contributed by atoms with Crippen molar-refractivity contribution >= 4 is 23.8 Å². The van der Waals surface area contributed by atoms with Gasteiger partial charge in [0.2, 0.25) is 11.6 Å². The summed E-state index contributed by atoms with van der Waals surface area (Å²) in [6.07, 6.45) is -1.95. The van der Waals surface area contributed by atoms with E-state index in [1.807, 2.05) is 0 Å². The number of Topliss-reactive ketones (excluding diaryl/α,β-unsaturated/α-hetero) is 2. The molecule has 182 valence electrons. The van der Waals surface area contributed by atoms with E-state index in [0.717, 1.165) is 0 Å². The number of halogens is 2. The van der Waals surface area contributed by atoms with Crippen molar-refractivity contribution in [3.8, 4) is 0 Å². The van der Waals surface area contributed by atoms with Crippen LogP contribution in [0, 0.1) is 0 Å². The number of benzene rings is 2. The number of carbonyl (C=O) groups excluding carboxylic acids is 4. The Kier molecular flexibility index (Phi) is 13.4. The van der Waals surface area contributed by atoms with Crippen molar-refractivity contribution in [1.82, 2.24) is 0 Å². The molecule has 0 atom stereocenters. The fraction of sp³-hybridized carbons (Fsp3) is 0.360. The van der Waals surface area contributed by atoms with Gasteiger partial charge in [0, 0.05) is 11.1 Å². The van der Waals surface area contributed by atoms with E-state index in [-0.39, 0.29) is 20.6 Å². The first kappa shape index (κ1) is 31.8. The second kappa shape index (κ2) is 13.9. The third kappa shape index (κ3) is 10.2. The average molecular weight is 467 g/mol. The van der Waals surface area contributed by atoms with E-state index in [1.54, 1.807) is 60.7 Å². The molecular weight excluding hydrogens is 434 g/mol. The zero-order valence-corrected chi connectivity index (χ0v) is 17.7. The van der Waals surface area contributed by atoms with Crippen LogP contribution in [0.1, 0.15) is 63.3 Å². The molecule has 0 heterocycles. The lowest BCUT2D eigenvalue weighted by Gasteiger charge is -2.22. The van der Waals surface area contributed by atoms with Crippen LogP contribution in [0.3, 0.4) is 0 Å². The minimum atomic E-state index is -1.95. The monoisotopic (exact) mass is 466 g/mol. The largest absolute Gasteiger partial charge is 0.496 e. The summed E-state index contributed by atoms with van der Waals surface area (Å²) < 4.78 is 33.1. The summed E-state index contributed by atoms with van der Waals surface area (Å²) in [6, 6.07) is 16.7. The summed E-state index contributed by atoms with van der Waals surface area (Å²) in [4.78, 5) is 44.6. The Bertz CT molecular complexity index is 909. The lowest BCUT2D eigenvalue weighted by atomic mass is 9.96. The van der Waals surface area contributed by atoms with Gasteiger partial charge < -0.3 is 9.47 Å². The van der Waals surface area contributed by atoms with Gasteiger partial charge in [0.25, 0.3) is 0 Å². The van der Waals surface area contributed by atoms with E-state index in [2.05, 4.69) is 4.74 Å². The number of ketones is 2. The van der Waals surface area contributed by atoms with E-state index in [9.17, 15) is 28.0 Å². The zero-order valence-electron chi connectivity index (χ0n) is 17.7. The van der Waals surface area contributed by atoms with E-state index < -0.39 is 35.9 Å². The minimum Gasteiger partial charge on any atom is -0.449 e. The van der Waals surface area contributed by atoms with Gasteiger partial charge in [-0.15, -0.1) is 4.39 Å². The van der Waals surface area contributed by atoms with Crippen LogP contribution in [-0.2, 0) is 14.3 Å². The van der Waals surface area contributed by atoms with Crippen LogP contribution in [0.2, 0.25) is 0 Å². The predicted octanol–water partition coefficient (Wildman–Crippen LogP) is 6.19. The highest BCUT2D eigenvalue weighted by Gasteiger charge is 2.33. The first-order chi connectivity index (χ1) is 14.4. The van der Waals surface area contributed by atoms with Crippen molar-refractivity contribution in [3.63, 3.8) is 0 Å². The van der Waals surface area contributed by atoms with E-state index >= 15 is 0 Å². The molecule has 0 N–H and O–H groups in total. The van der Waals surface area contributed by atoms with Crippen LogP contribution in [0.15, 0.2) is 60.7 Å². The number of esters is 1. The second-order valence-corrected chi connectivity index (χ2v) is 7.36. The minimum absolute atomic E-state index is 0. The number of hydrogen-bond acceptors (Lipinski definition) is 6. The predicted molar refractivity (Wildman–Crippen MR) is 123 cm³/mol. The molecule has 0 bridgehead atoms. The van der Waals surface area contributed by atoms with E-state index in [0.29, 0.717) is 11.1 Å². The number of carbonyl (C=O) groups is 4. The molecule has 0 aliphatic carbocycles. The Hall–Kier alpha value is -3.42. The molecule has 0 unspecified atom stereocenters. The highest BCUT2D eigenvalue weighted by molar-refractivity contribution is 6.03. The normalized spacial score (nSPS) is 10.2. The Morgan fingerprint density at radius 3 is 1.33 bits per heavy atom. The molecule has 2 rings (SSSR count). The van der Waals surface area contributed by atoms with Crippen LogP contribution in [0.25, 0.3) is 0 Å². The van der Waals surface area contributed by atoms with E-state index in [1.165, 1.54) is 27.7 Å². The van der Waals surface area contributed by atoms with Crippen molar-refractivity contribution < 1.29 is 37.4 Å². The molecule has 0 radical (unpaired) electrons. The molecule has 33 heavy (non-hydrogen) atoms. The first-order valence-electron chi connectivity index (χ1n) is 9.26. The van der Waals surface area contributed by atoms with Crippen molar-refractivity contribution in [2.75, 3.05) is 6.67 Å². The molecule has 0 aliphatic heterocycles. The molecule has 0 fully saturated rings. The van der Waals surface area contributed by atoms with Crippen molar-refractivity contribution in [3.05, 3.63) is 71.8 Å². The molecular formula is C25H32F2O6. The summed E-state index contributed by atoms with van der Waals surface area (Å²) in [5.41, 5.74) is -2.01. The standard InChI is InChI=1S/C12H13FO3.C11H11FO3.2CH4/c1-12(2,16-10(14)8-13)11(15)9-6-4-3-5-7-9;1-11(2,15-10(12)14)9(13)8-6-4-3-5-7-8;;/h3-7H,8H2,1-2H3;3-7H,1-2H3;2*1H4. The maximum absolute atomic E-state index is 12.1. The molecule has 0 amide bonds. The van der Waals surface area contributed by atoms with Gasteiger partial charge in [-0.25, -0.2) is 14.0 Å². The summed E-state index contributed by atoms with van der Waals surface area (Å²) in [5, 5.41) is 0. The van der Waals surface area contributed by atoms with Gasteiger partial charge in [-0.2, -0.15) is 0 Å². The Morgan fingerprint density at radius 1 is 0.697 bits per heavy atom. The fourth-order valence-corrected chi connectivity index (χ4v) is 2.48. The summed E-state index contributed by atoms with van der Waals surface area (Å²) in [7, 11) is 0.